The Kier molecular flexibility index (Phi) is 4.79. The Morgan fingerprint density at radius 3 is 2.60 bits per heavy atom. The molecule has 2 aromatic rings. The normalized spacial score (nSPS) is 18.2. The number of rotatable bonds is 2. The number of carbonyl (C=O) groups is 1. The molecule has 1 atom stereocenters. The zero-order chi connectivity index (χ0) is 18.0. The third-order valence-corrected chi connectivity index (χ3v) is 4.28. The van der Waals surface area contributed by atoms with Crippen LogP contribution in [0.4, 0.5) is 4.79 Å². The number of ether oxygens (including phenoxy) is 1. The average molecular weight is 342 g/mol. The molecule has 0 spiro atoms. The Balaban J connectivity index is 1.81. The minimum atomic E-state index is -0.506. The van der Waals surface area contributed by atoms with Gasteiger partial charge >= 0.3 is 6.09 Å². The largest absolute Gasteiger partial charge is 0.444 e. The predicted octanol–water partition coefficient (Wildman–Crippen LogP) is 4.24. The highest BCUT2D eigenvalue weighted by molar-refractivity contribution is 5.69. The lowest BCUT2D eigenvalue weighted by Gasteiger charge is -2.35. The van der Waals surface area contributed by atoms with E-state index in [0.29, 0.717) is 6.54 Å². The van der Waals surface area contributed by atoms with Crippen molar-refractivity contribution in [1.29, 1.82) is 0 Å². The number of H-pyrrole nitrogens is 1. The second-order valence-electron chi connectivity index (χ2n) is 7.61. The number of amides is 1. The van der Waals surface area contributed by atoms with E-state index in [0.717, 1.165) is 36.5 Å². The fourth-order valence-corrected chi connectivity index (χ4v) is 3.02. The van der Waals surface area contributed by atoms with Crippen molar-refractivity contribution in [2.45, 2.75) is 58.6 Å². The Morgan fingerprint density at radius 2 is 1.92 bits per heavy atom. The fourth-order valence-electron chi connectivity index (χ4n) is 3.02. The number of benzene rings is 1. The second kappa shape index (κ2) is 6.86. The summed E-state index contributed by atoms with van der Waals surface area (Å²) in [7, 11) is 0. The second-order valence-corrected chi connectivity index (χ2v) is 7.61. The van der Waals surface area contributed by atoms with Crippen LogP contribution in [0, 0.1) is 6.92 Å². The van der Waals surface area contributed by atoms with E-state index in [1.165, 1.54) is 5.56 Å². The lowest BCUT2D eigenvalue weighted by molar-refractivity contribution is 0.00849. The van der Waals surface area contributed by atoms with Gasteiger partial charge in [0.05, 0.1) is 6.04 Å². The van der Waals surface area contributed by atoms with E-state index < -0.39 is 5.60 Å². The van der Waals surface area contributed by atoms with E-state index in [2.05, 4.69) is 22.1 Å². The highest BCUT2D eigenvalue weighted by Crippen LogP contribution is 2.31. The van der Waals surface area contributed by atoms with Gasteiger partial charge in [-0.1, -0.05) is 29.8 Å². The lowest BCUT2D eigenvalue weighted by atomic mass is 10.0. The fraction of sp³-hybridized carbons (Fsp3) is 0.526. The monoisotopic (exact) mass is 342 g/mol. The molecule has 1 aromatic carbocycles. The zero-order valence-electron chi connectivity index (χ0n) is 15.4. The van der Waals surface area contributed by atoms with Gasteiger partial charge in [0, 0.05) is 12.1 Å². The third kappa shape index (κ3) is 4.18. The van der Waals surface area contributed by atoms with E-state index in [-0.39, 0.29) is 12.1 Å². The molecule has 0 bridgehead atoms. The van der Waals surface area contributed by atoms with Crippen LogP contribution in [0.25, 0.3) is 11.4 Å². The van der Waals surface area contributed by atoms with Gasteiger partial charge in [-0.15, -0.1) is 10.2 Å². The van der Waals surface area contributed by atoms with E-state index in [1.54, 1.807) is 4.90 Å². The molecule has 25 heavy (non-hydrogen) atoms. The number of carbonyl (C=O) groups excluding carboxylic acids is 1. The van der Waals surface area contributed by atoms with Gasteiger partial charge in [0.25, 0.3) is 0 Å². The van der Waals surface area contributed by atoms with Crippen LogP contribution in [0.3, 0.4) is 0 Å². The van der Waals surface area contributed by atoms with E-state index >= 15 is 0 Å². The minimum Gasteiger partial charge on any atom is -0.444 e. The molecule has 1 aliphatic heterocycles. The standard InChI is InChI=1S/C19H26N4O2/c1-13-8-10-14(11-9-13)16-20-17(22-21-16)15-7-5-6-12-23(15)18(24)25-19(2,3)4/h8-11,15H,5-7,12H2,1-4H3,(H,20,21,22). The lowest BCUT2D eigenvalue weighted by Crippen LogP contribution is -2.42. The number of hydrogen-bond donors (Lipinski definition) is 1. The molecule has 134 valence electrons. The third-order valence-electron chi connectivity index (χ3n) is 4.28. The quantitative estimate of drug-likeness (QED) is 0.886. The highest BCUT2D eigenvalue weighted by Gasteiger charge is 2.33. The van der Waals surface area contributed by atoms with Crippen LogP contribution < -0.4 is 0 Å². The molecule has 1 N–H and O–H groups in total. The number of aromatic amines is 1. The molecular formula is C19H26N4O2. The van der Waals surface area contributed by atoms with Crippen LogP contribution >= 0.6 is 0 Å². The highest BCUT2D eigenvalue weighted by atomic mass is 16.6. The number of nitrogens with zero attached hydrogens (tertiary/aromatic N) is 3. The average Bonchev–Trinajstić information content (AvgIpc) is 3.04. The van der Waals surface area contributed by atoms with Crippen LogP contribution in [0.15, 0.2) is 24.3 Å². The summed E-state index contributed by atoms with van der Waals surface area (Å²) in [6.07, 6.45) is 2.62. The van der Waals surface area contributed by atoms with Crippen molar-refractivity contribution < 1.29 is 9.53 Å². The first kappa shape index (κ1) is 17.5. The molecule has 6 heteroatoms. The molecule has 1 fully saturated rings. The van der Waals surface area contributed by atoms with Crippen molar-refractivity contribution >= 4 is 6.09 Å². The summed E-state index contributed by atoms with van der Waals surface area (Å²) in [5, 5.41) is 8.59. The van der Waals surface area contributed by atoms with Gasteiger partial charge in [-0.3, -0.25) is 4.90 Å². The maximum atomic E-state index is 12.6. The first-order valence-corrected chi connectivity index (χ1v) is 8.83. The summed E-state index contributed by atoms with van der Waals surface area (Å²) in [4.78, 5) is 17.6. The van der Waals surface area contributed by atoms with Crippen LogP contribution in [0.1, 0.15) is 57.5 Å². The van der Waals surface area contributed by atoms with Gasteiger partial charge in [-0.05, 0) is 47.0 Å². The maximum absolute atomic E-state index is 12.6. The molecule has 6 nitrogen and oxygen atoms in total. The summed E-state index contributed by atoms with van der Waals surface area (Å²) in [6.45, 7) is 8.38. The first-order valence-electron chi connectivity index (χ1n) is 8.83. The molecule has 1 unspecified atom stereocenters. The number of likely N-dealkylation sites (tertiary alicyclic amines) is 1. The Labute approximate surface area is 148 Å². The molecular weight excluding hydrogens is 316 g/mol. The number of hydrogen-bond acceptors (Lipinski definition) is 4. The SMILES string of the molecule is Cc1ccc(-c2nnc(C3CCCCN3C(=O)OC(C)(C)C)[nH]2)cc1. The zero-order valence-corrected chi connectivity index (χ0v) is 15.4. The van der Waals surface area contributed by atoms with E-state index in [9.17, 15) is 4.79 Å². The van der Waals surface area contributed by atoms with Crippen molar-refractivity contribution in [3.8, 4) is 11.4 Å². The summed E-state index contributed by atoms with van der Waals surface area (Å²) >= 11 is 0. The number of piperidine rings is 1. The minimum absolute atomic E-state index is 0.115. The summed E-state index contributed by atoms with van der Waals surface area (Å²) in [6, 6.07) is 8.02. The molecule has 1 aromatic heterocycles. The summed E-state index contributed by atoms with van der Waals surface area (Å²) in [5.74, 6) is 1.45. The molecule has 0 aliphatic carbocycles. The van der Waals surface area contributed by atoms with Gasteiger partial charge < -0.3 is 9.72 Å². The first-order chi connectivity index (χ1) is 11.8. The smallest absolute Gasteiger partial charge is 0.410 e. The van der Waals surface area contributed by atoms with Crippen molar-refractivity contribution in [3.05, 3.63) is 35.7 Å². The van der Waals surface area contributed by atoms with E-state index in [4.69, 9.17) is 4.74 Å². The molecule has 1 amide bonds. The molecule has 2 heterocycles. The topological polar surface area (TPSA) is 71.1 Å². The van der Waals surface area contributed by atoms with Gasteiger partial charge in [-0.25, -0.2) is 4.79 Å². The van der Waals surface area contributed by atoms with Crippen molar-refractivity contribution in [2.24, 2.45) is 0 Å². The summed E-state index contributed by atoms with van der Waals surface area (Å²) < 4.78 is 5.56. The molecule has 0 radical (unpaired) electrons. The number of aromatic nitrogens is 3. The van der Waals surface area contributed by atoms with Crippen LogP contribution in [0.5, 0.6) is 0 Å². The van der Waals surface area contributed by atoms with Crippen molar-refractivity contribution in [3.63, 3.8) is 0 Å². The van der Waals surface area contributed by atoms with Gasteiger partial charge in [-0.2, -0.15) is 0 Å². The van der Waals surface area contributed by atoms with Crippen molar-refractivity contribution in [2.75, 3.05) is 6.54 Å². The number of aryl methyl sites for hydroxylation is 1. The Hall–Kier alpha value is -2.37. The summed E-state index contributed by atoms with van der Waals surface area (Å²) in [5.41, 5.74) is 1.68. The van der Waals surface area contributed by atoms with Gasteiger partial charge in [0.1, 0.15) is 5.60 Å². The maximum Gasteiger partial charge on any atom is 0.410 e. The molecule has 3 rings (SSSR count). The van der Waals surface area contributed by atoms with Crippen LogP contribution in [-0.4, -0.2) is 38.3 Å². The predicted molar refractivity (Wildman–Crippen MR) is 96.1 cm³/mol. The number of nitrogens with one attached hydrogen (secondary N) is 1. The molecule has 1 aliphatic rings. The van der Waals surface area contributed by atoms with E-state index in [1.807, 2.05) is 45.0 Å². The molecule has 1 saturated heterocycles. The van der Waals surface area contributed by atoms with Gasteiger partial charge in [0.15, 0.2) is 11.6 Å². The van der Waals surface area contributed by atoms with Gasteiger partial charge in [0.2, 0.25) is 0 Å². The molecule has 0 saturated carbocycles. The Morgan fingerprint density at radius 1 is 1.20 bits per heavy atom. The van der Waals surface area contributed by atoms with Crippen LogP contribution in [-0.2, 0) is 4.74 Å². The van der Waals surface area contributed by atoms with Crippen LogP contribution in [0.2, 0.25) is 0 Å². The Bertz CT molecular complexity index is 731. The van der Waals surface area contributed by atoms with Crippen molar-refractivity contribution in [1.82, 2.24) is 20.1 Å².